The number of rotatable bonds is 6. The van der Waals surface area contributed by atoms with Crippen LogP contribution in [0.5, 0.6) is 17.2 Å². The number of fused-ring (bicyclic) bond motifs is 1. The lowest BCUT2D eigenvalue weighted by Gasteiger charge is -2.58. The summed E-state index contributed by atoms with van der Waals surface area (Å²) in [5, 5.41) is 0. The number of anilines is 1. The summed E-state index contributed by atoms with van der Waals surface area (Å²) < 4.78 is 23.4. The van der Waals surface area contributed by atoms with Crippen LogP contribution in [0.3, 0.4) is 0 Å². The Morgan fingerprint density at radius 1 is 1.23 bits per heavy atom. The van der Waals surface area contributed by atoms with Crippen molar-refractivity contribution in [1.82, 2.24) is 4.90 Å². The van der Waals surface area contributed by atoms with E-state index in [-0.39, 0.29) is 29.5 Å². The summed E-state index contributed by atoms with van der Waals surface area (Å²) in [6, 6.07) is 2.54. The van der Waals surface area contributed by atoms with Crippen LogP contribution in [0.15, 0.2) is 6.07 Å². The standard InChI is InChI=1S/C27H36N2O6/c1-5-17-15-35-24-22-18(13-19(32-3)23(24)33-4)27-8-11-28-10-6-7-26(25(27)28,9-12-34-16(2)30)21(31)14-20(27)29(17)22/h13,17,20,25H,5-12,14-15H2,1-4H3/t17-,20-,25-,26+,27-/m1/s1. The number of hydrogen-bond acceptors (Lipinski definition) is 8. The van der Waals surface area contributed by atoms with Gasteiger partial charge in [-0.1, -0.05) is 6.92 Å². The third-order valence-corrected chi connectivity index (χ3v) is 9.62. The number of ether oxygens (including phenoxy) is 4. The highest BCUT2D eigenvalue weighted by atomic mass is 16.5. The molecule has 0 unspecified atom stereocenters. The van der Waals surface area contributed by atoms with Crippen molar-refractivity contribution < 1.29 is 28.5 Å². The predicted molar refractivity (Wildman–Crippen MR) is 130 cm³/mol. The zero-order chi connectivity index (χ0) is 24.5. The first kappa shape index (κ1) is 23.0. The number of methoxy groups -OCH3 is 2. The van der Waals surface area contributed by atoms with Crippen molar-refractivity contribution >= 4 is 17.4 Å². The van der Waals surface area contributed by atoms with Crippen LogP contribution < -0.4 is 19.1 Å². The molecule has 1 saturated carbocycles. The Kier molecular flexibility index (Phi) is 5.26. The highest BCUT2D eigenvalue weighted by Crippen LogP contribution is 2.68. The third kappa shape index (κ3) is 2.83. The fraction of sp³-hybridized carbons (Fsp3) is 0.704. The summed E-state index contributed by atoms with van der Waals surface area (Å²) in [6.07, 6.45) is 4.90. The van der Waals surface area contributed by atoms with Gasteiger partial charge in [0, 0.05) is 36.3 Å². The minimum Gasteiger partial charge on any atom is -0.493 e. The summed E-state index contributed by atoms with van der Waals surface area (Å²) >= 11 is 0. The van der Waals surface area contributed by atoms with Crippen molar-refractivity contribution in [1.29, 1.82) is 0 Å². The summed E-state index contributed by atoms with van der Waals surface area (Å²) in [5.74, 6) is 2.11. The Morgan fingerprint density at radius 3 is 2.77 bits per heavy atom. The molecule has 0 amide bonds. The van der Waals surface area contributed by atoms with E-state index in [2.05, 4.69) is 22.8 Å². The maximum Gasteiger partial charge on any atom is 0.302 e. The van der Waals surface area contributed by atoms with E-state index >= 15 is 0 Å². The van der Waals surface area contributed by atoms with Gasteiger partial charge in [0.05, 0.1) is 32.6 Å². The summed E-state index contributed by atoms with van der Waals surface area (Å²) in [7, 11) is 3.33. The predicted octanol–water partition coefficient (Wildman–Crippen LogP) is 3.08. The molecule has 1 aromatic rings. The molecule has 0 radical (unpaired) electrons. The van der Waals surface area contributed by atoms with Gasteiger partial charge in [0.2, 0.25) is 5.75 Å². The maximum absolute atomic E-state index is 14.2. The van der Waals surface area contributed by atoms with Gasteiger partial charge in [-0.15, -0.1) is 0 Å². The minimum absolute atomic E-state index is 0.0795. The number of carbonyl (C=O) groups is 2. The topological polar surface area (TPSA) is 77.5 Å². The SMILES string of the molecule is CC[C@@H]1COc2c(OC)c(OC)cc3c2N1[C@@H]1CC(=O)[C@@]2(CCOC(C)=O)CCCN4CC[C@@]31[C@H]42. The van der Waals surface area contributed by atoms with Crippen LogP contribution in [0, 0.1) is 5.41 Å². The molecule has 1 aromatic carbocycles. The van der Waals surface area contributed by atoms with Crippen LogP contribution in [0.2, 0.25) is 0 Å². The molecule has 0 bridgehead atoms. The van der Waals surface area contributed by atoms with Crippen molar-refractivity contribution in [2.45, 2.75) is 75.9 Å². The smallest absolute Gasteiger partial charge is 0.302 e. The van der Waals surface area contributed by atoms with Gasteiger partial charge in [-0.25, -0.2) is 0 Å². The van der Waals surface area contributed by atoms with Gasteiger partial charge in [0.25, 0.3) is 0 Å². The lowest BCUT2D eigenvalue weighted by atomic mass is 9.51. The molecular weight excluding hydrogens is 448 g/mol. The van der Waals surface area contributed by atoms with Crippen LogP contribution in [-0.2, 0) is 19.7 Å². The molecular formula is C27H36N2O6. The largest absolute Gasteiger partial charge is 0.493 e. The Hall–Kier alpha value is -2.48. The van der Waals surface area contributed by atoms with Crippen LogP contribution >= 0.6 is 0 Å². The Balaban J connectivity index is 1.56. The number of Topliss-reactive ketones (excluding diaryl/α,β-unsaturated/α-hetero) is 1. The van der Waals surface area contributed by atoms with E-state index in [1.54, 1.807) is 14.2 Å². The van der Waals surface area contributed by atoms with Crippen LogP contribution in [0.1, 0.15) is 57.9 Å². The molecule has 1 aliphatic carbocycles. The molecule has 0 N–H and O–H groups in total. The number of hydrogen-bond donors (Lipinski definition) is 0. The van der Waals surface area contributed by atoms with Gasteiger partial charge < -0.3 is 23.8 Å². The molecule has 3 fully saturated rings. The van der Waals surface area contributed by atoms with Crippen LogP contribution in [0.25, 0.3) is 0 Å². The van der Waals surface area contributed by atoms with Gasteiger partial charge >= 0.3 is 5.97 Å². The first-order valence-corrected chi connectivity index (χ1v) is 13.0. The lowest BCUT2D eigenvalue weighted by molar-refractivity contribution is -0.151. The Labute approximate surface area is 206 Å². The highest BCUT2D eigenvalue weighted by Gasteiger charge is 2.72. The molecule has 0 aromatic heterocycles. The maximum atomic E-state index is 14.2. The number of carbonyl (C=O) groups excluding carboxylic acids is 2. The molecule has 8 heteroatoms. The lowest BCUT2D eigenvalue weighted by Crippen LogP contribution is -2.69. The van der Waals surface area contributed by atoms with Gasteiger partial charge in [-0.3, -0.25) is 14.5 Å². The fourth-order valence-corrected chi connectivity index (χ4v) is 8.39. The van der Waals surface area contributed by atoms with Crippen molar-refractivity contribution in [2.24, 2.45) is 5.41 Å². The van der Waals surface area contributed by atoms with E-state index in [1.165, 1.54) is 12.5 Å². The highest BCUT2D eigenvalue weighted by molar-refractivity contribution is 5.92. The minimum atomic E-state index is -0.502. The average Bonchev–Trinajstić information content (AvgIpc) is 3.38. The molecule has 5 atom stereocenters. The van der Waals surface area contributed by atoms with Gasteiger partial charge in [0.1, 0.15) is 12.4 Å². The summed E-state index contributed by atoms with van der Waals surface area (Å²) in [4.78, 5) is 30.8. The van der Waals surface area contributed by atoms with Crippen molar-refractivity contribution in [3.63, 3.8) is 0 Å². The van der Waals surface area contributed by atoms with Crippen molar-refractivity contribution in [3.05, 3.63) is 11.6 Å². The first-order valence-electron chi connectivity index (χ1n) is 13.0. The van der Waals surface area contributed by atoms with E-state index in [9.17, 15) is 9.59 Å². The van der Waals surface area contributed by atoms with Crippen LogP contribution in [0.4, 0.5) is 5.69 Å². The fourth-order valence-electron chi connectivity index (χ4n) is 8.39. The Morgan fingerprint density at radius 2 is 2.06 bits per heavy atom. The van der Waals surface area contributed by atoms with Crippen molar-refractivity contribution in [2.75, 3.05) is 45.4 Å². The second-order valence-electron chi connectivity index (χ2n) is 10.8. The average molecular weight is 485 g/mol. The van der Waals surface area contributed by atoms with Gasteiger partial charge in [-0.05, 0) is 56.8 Å². The number of esters is 1. The van der Waals surface area contributed by atoms with Crippen molar-refractivity contribution in [3.8, 4) is 17.2 Å². The molecule has 2 saturated heterocycles. The number of ketones is 1. The molecule has 5 aliphatic rings. The van der Waals surface area contributed by atoms with Crippen LogP contribution in [-0.4, -0.2) is 75.3 Å². The quantitative estimate of drug-likeness (QED) is 0.570. The normalized spacial score (nSPS) is 34.6. The van der Waals surface area contributed by atoms with Gasteiger partial charge in [0.15, 0.2) is 11.5 Å². The zero-order valence-corrected chi connectivity index (χ0v) is 21.2. The second-order valence-corrected chi connectivity index (χ2v) is 10.8. The first-order chi connectivity index (χ1) is 16.9. The summed E-state index contributed by atoms with van der Waals surface area (Å²) in [5.41, 5.74) is 1.64. The molecule has 6 rings (SSSR count). The molecule has 190 valence electrons. The molecule has 4 aliphatic heterocycles. The molecule has 35 heavy (non-hydrogen) atoms. The number of piperidine rings is 1. The molecule has 4 heterocycles. The van der Waals surface area contributed by atoms with E-state index in [1.807, 2.05) is 0 Å². The monoisotopic (exact) mass is 484 g/mol. The number of benzene rings is 1. The molecule has 8 nitrogen and oxygen atoms in total. The third-order valence-electron chi connectivity index (χ3n) is 9.62. The number of nitrogens with zero attached hydrogens (tertiary/aromatic N) is 2. The summed E-state index contributed by atoms with van der Waals surface area (Å²) in [6.45, 7) is 6.47. The van der Waals surface area contributed by atoms with E-state index in [0.717, 1.165) is 50.2 Å². The van der Waals surface area contributed by atoms with E-state index in [0.29, 0.717) is 43.3 Å². The second kappa shape index (κ2) is 8.02. The van der Waals surface area contributed by atoms with E-state index < -0.39 is 5.41 Å². The Bertz CT molecular complexity index is 1070. The van der Waals surface area contributed by atoms with E-state index in [4.69, 9.17) is 18.9 Å². The molecule has 1 spiro atoms. The zero-order valence-electron chi connectivity index (χ0n) is 21.2. The van der Waals surface area contributed by atoms with Gasteiger partial charge in [-0.2, -0.15) is 0 Å².